The number of rotatable bonds is 5. The molecule has 5 nitrogen and oxygen atoms in total. The minimum Gasteiger partial charge on any atom is -0.379 e. The number of ether oxygens (including phenoxy) is 1. The van der Waals surface area contributed by atoms with Gasteiger partial charge in [-0.1, -0.05) is 18.2 Å². The van der Waals surface area contributed by atoms with Crippen LogP contribution in [0.25, 0.3) is 32.2 Å². The molecule has 182 valence electrons. The Kier molecular flexibility index (Phi) is 5.91. The van der Waals surface area contributed by atoms with E-state index in [2.05, 4.69) is 40.1 Å². The molecule has 36 heavy (non-hydrogen) atoms. The smallest absolute Gasteiger partial charge is 0.131 e. The second-order valence-corrected chi connectivity index (χ2v) is 10.5. The summed E-state index contributed by atoms with van der Waals surface area (Å²) >= 11 is 1.62. The SMILES string of the molecule is CC(C)(c1ccc(-c2ccc3nccc(Nc4ccc5scnc5c4)c3c2)c(F)c1)N1CCOCC1. The maximum atomic E-state index is 15.5. The fraction of sp³-hybridized carbons (Fsp3) is 0.241. The lowest BCUT2D eigenvalue weighted by molar-refractivity contribution is -0.0118. The molecular weight excluding hydrogens is 471 g/mol. The van der Waals surface area contributed by atoms with E-state index in [9.17, 15) is 0 Å². The van der Waals surface area contributed by atoms with Gasteiger partial charge >= 0.3 is 0 Å². The van der Waals surface area contributed by atoms with Crippen molar-refractivity contribution in [3.05, 3.63) is 83.8 Å². The Balaban J connectivity index is 1.34. The third kappa shape index (κ3) is 4.23. The molecule has 0 amide bonds. The van der Waals surface area contributed by atoms with E-state index in [0.29, 0.717) is 18.8 Å². The summed E-state index contributed by atoms with van der Waals surface area (Å²) in [6, 6.07) is 19.6. The summed E-state index contributed by atoms with van der Waals surface area (Å²) in [6.07, 6.45) is 1.79. The average molecular weight is 499 g/mol. The lowest BCUT2D eigenvalue weighted by Gasteiger charge is -2.41. The van der Waals surface area contributed by atoms with Crippen molar-refractivity contribution in [1.82, 2.24) is 14.9 Å². The highest BCUT2D eigenvalue weighted by Gasteiger charge is 2.30. The zero-order valence-corrected chi connectivity index (χ0v) is 21.1. The minimum atomic E-state index is -0.272. The third-order valence-corrected chi connectivity index (χ3v) is 7.95. The van der Waals surface area contributed by atoms with Gasteiger partial charge in [-0.15, -0.1) is 11.3 Å². The van der Waals surface area contributed by atoms with Crippen molar-refractivity contribution in [3.8, 4) is 11.1 Å². The Labute approximate surface area is 213 Å². The van der Waals surface area contributed by atoms with Gasteiger partial charge in [-0.2, -0.15) is 0 Å². The van der Waals surface area contributed by atoms with Crippen LogP contribution in [0.1, 0.15) is 19.4 Å². The molecule has 1 N–H and O–H groups in total. The van der Waals surface area contributed by atoms with Gasteiger partial charge in [-0.3, -0.25) is 9.88 Å². The van der Waals surface area contributed by atoms with Crippen LogP contribution in [0.2, 0.25) is 0 Å². The number of hydrogen-bond acceptors (Lipinski definition) is 6. The molecule has 2 aromatic heterocycles. The molecule has 0 spiro atoms. The molecular formula is C29H27FN4OS. The van der Waals surface area contributed by atoms with Crippen LogP contribution in [0.4, 0.5) is 15.8 Å². The van der Waals surface area contributed by atoms with Crippen LogP contribution in [-0.2, 0) is 10.3 Å². The molecule has 0 atom stereocenters. The van der Waals surface area contributed by atoms with Crippen molar-refractivity contribution in [2.24, 2.45) is 0 Å². The van der Waals surface area contributed by atoms with Crippen molar-refractivity contribution >= 4 is 43.8 Å². The van der Waals surface area contributed by atoms with Crippen LogP contribution in [0.5, 0.6) is 0 Å². The average Bonchev–Trinajstić information content (AvgIpc) is 3.37. The molecule has 5 aromatic rings. The summed E-state index contributed by atoms with van der Waals surface area (Å²) < 4.78 is 22.2. The highest BCUT2D eigenvalue weighted by molar-refractivity contribution is 7.16. The molecule has 0 radical (unpaired) electrons. The zero-order chi connectivity index (χ0) is 24.7. The molecule has 3 heterocycles. The zero-order valence-electron chi connectivity index (χ0n) is 20.3. The van der Waals surface area contributed by atoms with E-state index < -0.39 is 0 Å². The van der Waals surface area contributed by atoms with Gasteiger partial charge in [0, 0.05) is 47.1 Å². The van der Waals surface area contributed by atoms with Gasteiger partial charge in [0.15, 0.2) is 0 Å². The normalized spacial score (nSPS) is 15.0. The second-order valence-electron chi connectivity index (χ2n) is 9.60. The number of aromatic nitrogens is 2. The van der Waals surface area contributed by atoms with Gasteiger partial charge in [-0.05, 0) is 67.4 Å². The first-order chi connectivity index (χ1) is 17.5. The third-order valence-electron chi connectivity index (χ3n) is 7.14. The van der Waals surface area contributed by atoms with E-state index >= 15 is 4.39 Å². The molecule has 1 aliphatic heterocycles. The first kappa shape index (κ1) is 23.0. The van der Waals surface area contributed by atoms with E-state index in [1.807, 2.05) is 54.0 Å². The summed E-state index contributed by atoms with van der Waals surface area (Å²) in [5.74, 6) is -0.222. The number of nitrogens with one attached hydrogen (secondary N) is 1. The Bertz CT molecular complexity index is 1560. The Hall–Kier alpha value is -3.39. The summed E-state index contributed by atoms with van der Waals surface area (Å²) in [5, 5.41) is 4.44. The number of fused-ring (bicyclic) bond motifs is 2. The first-order valence-electron chi connectivity index (χ1n) is 12.1. The van der Waals surface area contributed by atoms with E-state index in [4.69, 9.17) is 4.74 Å². The fourth-order valence-electron chi connectivity index (χ4n) is 4.95. The summed E-state index contributed by atoms with van der Waals surface area (Å²) in [7, 11) is 0. The Morgan fingerprint density at radius 3 is 2.64 bits per heavy atom. The van der Waals surface area contributed by atoms with Crippen molar-refractivity contribution in [2.45, 2.75) is 19.4 Å². The van der Waals surface area contributed by atoms with Crippen molar-refractivity contribution in [2.75, 3.05) is 31.6 Å². The number of hydrogen-bond donors (Lipinski definition) is 1. The van der Waals surface area contributed by atoms with Crippen molar-refractivity contribution in [3.63, 3.8) is 0 Å². The van der Waals surface area contributed by atoms with Crippen LogP contribution in [0, 0.1) is 5.82 Å². The van der Waals surface area contributed by atoms with Gasteiger partial charge in [-0.25, -0.2) is 9.37 Å². The van der Waals surface area contributed by atoms with Gasteiger partial charge in [0.25, 0.3) is 0 Å². The van der Waals surface area contributed by atoms with Crippen LogP contribution in [0.3, 0.4) is 0 Å². The summed E-state index contributed by atoms with van der Waals surface area (Å²) in [4.78, 5) is 11.3. The molecule has 1 fully saturated rings. The molecule has 1 saturated heterocycles. The standard InChI is InChI=1S/C29H27FN4OS/c1-29(2,34-11-13-35-14-12-34)20-4-6-22(24(30)16-20)19-3-7-25-23(15-19)26(9-10-31-25)33-21-5-8-28-27(17-21)32-18-36-28/h3-10,15-18H,11-14H2,1-2H3,(H,31,33). The topological polar surface area (TPSA) is 50.3 Å². The van der Waals surface area contributed by atoms with Crippen LogP contribution >= 0.6 is 11.3 Å². The largest absolute Gasteiger partial charge is 0.379 e. The molecule has 0 unspecified atom stereocenters. The van der Waals surface area contributed by atoms with Gasteiger partial charge < -0.3 is 10.1 Å². The number of thiazole rings is 1. The van der Waals surface area contributed by atoms with Crippen LogP contribution in [-0.4, -0.2) is 41.2 Å². The molecule has 0 bridgehead atoms. The van der Waals surface area contributed by atoms with E-state index in [1.54, 1.807) is 23.6 Å². The van der Waals surface area contributed by atoms with E-state index in [0.717, 1.165) is 56.7 Å². The number of morpholine rings is 1. The Morgan fingerprint density at radius 1 is 0.944 bits per heavy atom. The van der Waals surface area contributed by atoms with Gasteiger partial charge in [0.1, 0.15) is 5.82 Å². The second kappa shape index (κ2) is 9.24. The Morgan fingerprint density at radius 2 is 1.81 bits per heavy atom. The number of anilines is 2. The molecule has 7 heteroatoms. The van der Waals surface area contributed by atoms with Crippen molar-refractivity contribution < 1.29 is 9.13 Å². The maximum absolute atomic E-state index is 15.5. The molecule has 0 aliphatic carbocycles. The van der Waals surface area contributed by atoms with Crippen LogP contribution in [0.15, 0.2) is 72.4 Å². The lowest BCUT2D eigenvalue weighted by atomic mass is 9.89. The van der Waals surface area contributed by atoms with Crippen molar-refractivity contribution in [1.29, 1.82) is 0 Å². The van der Waals surface area contributed by atoms with Gasteiger partial charge in [0.05, 0.1) is 34.5 Å². The quantitative estimate of drug-likeness (QED) is 0.284. The highest BCUT2D eigenvalue weighted by Crippen LogP contribution is 2.35. The highest BCUT2D eigenvalue weighted by atomic mass is 32.1. The number of pyridine rings is 1. The predicted octanol–water partition coefficient (Wildman–Crippen LogP) is 6.96. The lowest BCUT2D eigenvalue weighted by Crippen LogP contribution is -2.47. The van der Waals surface area contributed by atoms with E-state index in [1.165, 1.54) is 0 Å². The molecule has 3 aromatic carbocycles. The molecule has 0 saturated carbocycles. The maximum Gasteiger partial charge on any atom is 0.131 e. The first-order valence-corrected chi connectivity index (χ1v) is 13.0. The summed E-state index contributed by atoms with van der Waals surface area (Å²) in [5.41, 5.74) is 7.63. The predicted molar refractivity (Wildman–Crippen MR) is 145 cm³/mol. The minimum absolute atomic E-state index is 0.222. The fourth-order valence-corrected chi connectivity index (χ4v) is 5.61. The van der Waals surface area contributed by atoms with E-state index in [-0.39, 0.29) is 11.4 Å². The number of halogens is 1. The molecule has 6 rings (SSSR count). The molecule has 1 aliphatic rings. The number of benzene rings is 3. The van der Waals surface area contributed by atoms with Gasteiger partial charge in [0.2, 0.25) is 0 Å². The number of nitrogens with zero attached hydrogens (tertiary/aromatic N) is 3. The van der Waals surface area contributed by atoms with Crippen LogP contribution < -0.4 is 5.32 Å². The monoisotopic (exact) mass is 498 g/mol. The summed E-state index contributed by atoms with van der Waals surface area (Å²) in [6.45, 7) is 7.41.